The predicted molar refractivity (Wildman–Crippen MR) is 110 cm³/mol. The summed E-state index contributed by atoms with van der Waals surface area (Å²) in [6.07, 6.45) is -0.496. The van der Waals surface area contributed by atoms with Crippen LogP contribution in [0.3, 0.4) is 0 Å². The molecule has 0 aliphatic heterocycles. The normalized spacial score (nSPS) is 11.9. The van der Waals surface area contributed by atoms with Gasteiger partial charge in [-0.15, -0.1) is 11.3 Å². The number of thiazole rings is 1. The highest BCUT2D eigenvalue weighted by atomic mass is 32.1. The summed E-state index contributed by atoms with van der Waals surface area (Å²) in [7, 11) is 0. The van der Waals surface area contributed by atoms with Gasteiger partial charge in [-0.3, -0.25) is 0 Å². The van der Waals surface area contributed by atoms with E-state index in [4.69, 9.17) is 9.47 Å². The van der Waals surface area contributed by atoms with Crippen molar-refractivity contribution >= 4 is 17.3 Å². The lowest BCUT2D eigenvalue weighted by Crippen LogP contribution is -2.26. The number of ether oxygens (including phenoxy) is 2. The Balaban J connectivity index is 1.62. The van der Waals surface area contributed by atoms with Crippen molar-refractivity contribution in [3.8, 4) is 16.3 Å². The van der Waals surface area contributed by atoms with Gasteiger partial charge in [0.15, 0.2) is 6.10 Å². The minimum Gasteiger partial charge on any atom is -0.487 e. The molecule has 1 atom stereocenters. The SMILES string of the molecule is CCOC(Cc1ccc(OCc2csc(-c3ccccc3)n2)cc1C)C(=O)O. The summed E-state index contributed by atoms with van der Waals surface area (Å²) < 4.78 is 11.2. The molecular weight excluding hydrogens is 374 g/mol. The molecule has 1 aromatic heterocycles. The Labute approximate surface area is 168 Å². The Bertz CT molecular complexity index is 923. The maximum atomic E-state index is 11.3. The average molecular weight is 397 g/mol. The van der Waals surface area contributed by atoms with Crippen molar-refractivity contribution in [2.75, 3.05) is 6.61 Å². The molecule has 28 heavy (non-hydrogen) atoms. The van der Waals surface area contributed by atoms with E-state index in [9.17, 15) is 9.90 Å². The summed E-state index contributed by atoms with van der Waals surface area (Å²) in [6.45, 7) is 4.50. The number of rotatable bonds is 9. The third kappa shape index (κ3) is 5.18. The van der Waals surface area contributed by atoms with E-state index < -0.39 is 12.1 Å². The first-order chi connectivity index (χ1) is 13.6. The molecule has 6 heteroatoms. The molecule has 0 fully saturated rings. The molecule has 0 radical (unpaired) electrons. The molecule has 1 heterocycles. The molecule has 0 aliphatic rings. The maximum absolute atomic E-state index is 11.3. The van der Waals surface area contributed by atoms with E-state index in [0.717, 1.165) is 33.1 Å². The fourth-order valence-corrected chi connectivity index (χ4v) is 3.66. The Kier molecular flexibility index (Phi) is 6.79. The van der Waals surface area contributed by atoms with Crippen LogP contribution in [0.2, 0.25) is 0 Å². The number of benzene rings is 2. The van der Waals surface area contributed by atoms with Gasteiger partial charge in [-0.1, -0.05) is 36.4 Å². The van der Waals surface area contributed by atoms with E-state index in [1.807, 2.05) is 60.8 Å². The zero-order valence-corrected chi connectivity index (χ0v) is 16.7. The van der Waals surface area contributed by atoms with E-state index in [0.29, 0.717) is 19.6 Å². The Hall–Kier alpha value is -2.70. The molecule has 0 amide bonds. The van der Waals surface area contributed by atoms with E-state index in [1.54, 1.807) is 18.3 Å². The molecule has 0 aliphatic carbocycles. The van der Waals surface area contributed by atoms with Gasteiger partial charge >= 0.3 is 5.97 Å². The second-order valence-corrected chi connectivity index (χ2v) is 7.23. The smallest absolute Gasteiger partial charge is 0.333 e. The minimum absolute atomic E-state index is 0.335. The average Bonchev–Trinajstić information content (AvgIpc) is 3.17. The molecule has 1 N–H and O–H groups in total. The van der Waals surface area contributed by atoms with Crippen LogP contribution in [0.1, 0.15) is 23.7 Å². The number of aliphatic carboxylic acids is 1. The van der Waals surface area contributed by atoms with E-state index in [2.05, 4.69) is 4.98 Å². The molecule has 146 valence electrons. The number of carboxylic acid groups (broad SMARTS) is 1. The van der Waals surface area contributed by atoms with Crippen LogP contribution < -0.4 is 4.74 Å². The lowest BCUT2D eigenvalue weighted by atomic mass is 10.0. The quantitative estimate of drug-likeness (QED) is 0.565. The lowest BCUT2D eigenvalue weighted by molar-refractivity contribution is -0.149. The van der Waals surface area contributed by atoms with Crippen molar-refractivity contribution in [1.82, 2.24) is 4.98 Å². The standard InChI is InChI=1S/C22H23NO4S/c1-3-26-20(22(24)25)12-17-9-10-19(11-15(17)2)27-13-18-14-28-21(23-18)16-7-5-4-6-8-16/h4-11,14,20H,3,12-13H2,1-2H3,(H,24,25). The van der Waals surface area contributed by atoms with Crippen LogP contribution in [0.4, 0.5) is 0 Å². The number of aromatic nitrogens is 1. The second kappa shape index (κ2) is 9.48. The van der Waals surface area contributed by atoms with Gasteiger partial charge in [0.25, 0.3) is 0 Å². The minimum atomic E-state index is -0.945. The summed E-state index contributed by atoms with van der Waals surface area (Å²) in [5, 5.41) is 12.2. The van der Waals surface area contributed by atoms with Crippen molar-refractivity contribution in [3.05, 3.63) is 70.7 Å². The number of hydrogen-bond acceptors (Lipinski definition) is 5. The summed E-state index contributed by atoms with van der Waals surface area (Å²) >= 11 is 1.60. The van der Waals surface area contributed by atoms with Gasteiger partial charge < -0.3 is 14.6 Å². The Morgan fingerprint density at radius 1 is 1.21 bits per heavy atom. The Morgan fingerprint density at radius 3 is 2.68 bits per heavy atom. The van der Waals surface area contributed by atoms with Gasteiger partial charge in [0.05, 0.1) is 5.69 Å². The number of carboxylic acids is 1. The zero-order chi connectivity index (χ0) is 19.9. The molecule has 5 nitrogen and oxygen atoms in total. The van der Waals surface area contributed by atoms with Gasteiger partial charge in [0.1, 0.15) is 17.4 Å². The van der Waals surface area contributed by atoms with Gasteiger partial charge in [-0.2, -0.15) is 0 Å². The van der Waals surface area contributed by atoms with Crippen LogP contribution in [0.15, 0.2) is 53.9 Å². The fourth-order valence-electron chi connectivity index (χ4n) is 2.85. The van der Waals surface area contributed by atoms with Crippen LogP contribution in [0, 0.1) is 6.92 Å². The third-order valence-corrected chi connectivity index (χ3v) is 5.26. The van der Waals surface area contributed by atoms with Crippen molar-refractivity contribution in [2.45, 2.75) is 33.0 Å². The third-order valence-electron chi connectivity index (χ3n) is 4.32. The maximum Gasteiger partial charge on any atom is 0.333 e. The predicted octanol–water partition coefficient (Wildman–Crippen LogP) is 4.73. The second-order valence-electron chi connectivity index (χ2n) is 6.37. The first-order valence-electron chi connectivity index (χ1n) is 9.13. The molecule has 0 spiro atoms. The zero-order valence-electron chi connectivity index (χ0n) is 15.9. The molecule has 1 unspecified atom stereocenters. The largest absolute Gasteiger partial charge is 0.487 e. The lowest BCUT2D eigenvalue weighted by Gasteiger charge is -2.15. The fraction of sp³-hybridized carbons (Fsp3) is 0.273. The van der Waals surface area contributed by atoms with Gasteiger partial charge in [-0.25, -0.2) is 9.78 Å². The molecular formula is C22H23NO4S. The van der Waals surface area contributed by atoms with E-state index >= 15 is 0 Å². The molecule has 0 saturated carbocycles. The van der Waals surface area contributed by atoms with Crippen LogP contribution >= 0.6 is 11.3 Å². The molecule has 3 aromatic rings. The number of hydrogen-bond donors (Lipinski definition) is 1. The van der Waals surface area contributed by atoms with E-state index in [1.165, 1.54) is 0 Å². The van der Waals surface area contributed by atoms with Crippen molar-refractivity contribution < 1.29 is 19.4 Å². The molecule has 2 aromatic carbocycles. The highest BCUT2D eigenvalue weighted by Gasteiger charge is 2.19. The highest BCUT2D eigenvalue weighted by Crippen LogP contribution is 2.25. The first-order valence-corrected chi connectivity index (χ1v) is 10.0. The summed E-state index contributed by atoms with van der Waals surface area (Å²) in [5.41, 5.74) is 3.90. The number of nitrogens with zero attached hydrogens (tertiary/aromatic N) is 1. The molecule has 3 rings (SSSR count). The first kappa shape index (κ1) is 20.0. The topological polar surface area (TPSA) is 68.7 Å². The van der Waals surface area contributed by atoms with Crippen molar-refractivity contribution in [3.63, 3.8) is 0 Å². The number of carbonyl (C=O) groups is 1. The summed E-state index contributed by atoms with van der Waals surface area (Å²) in [5.74, 6) is -0.210. The van der Waals surface area contributed by atoms with Gasteiger partial charge in [0.2, 0.25) is 0 Å². The van der Waals surface area contributed by atoms with E-state index in [-0.39, 0.29) is 0 Å². The van der Waals surface area contributed by atoms with Crippen LogP contribution in [-0.4, -0.2) is 28.8 Å². The highest BCUT2D eigenvalue weighted by molar-refractivity contribution is 7.13. The van der Waals surface area contributed by atoms with Crippen LogP contribution in [0.5, 0.6) is 5.75 Å². The van der Waals surface area contributed by atoms with Crippen molar-refractivity contribution in [1.29, 1.82) is 0 Å². The summed E-state index contributed by atoms with van der Waals surface area (Å²) in [4.78, 5) is 15.9. The summed E-state index contributed by atoms with van der Waals surface area (Å²) in [6, 6.07) is 15.7. The van der Waals surface area contributed by atoms with Crippen LogP contribution in [0.25, 0.3) is 10.6 Å². The Morgan fingerprint density at radius 2 is 2.00 bits per heavy atom. The van der Waals surface area contributed by atoms with Crippen molar-refractivity contribution in [2.24, 2.45) is 0 Å². The van der Waals surface area contributed by atoms with Gasteiger partial charge in [-0.05, 0) is 37.1 Å². The molecule has 0 bridgehead atoms. The molecule has 0 saturated heterocycles. The number of aryl methyl sites for hydroxylation is 1. The van der Waals surface area contributed by atoms with Gasteiger partial charge in [0, 0.05) is 24.0 Å². The monoisotopic (exact) mass is 397 g/mol. The van der Waals surface area contributed by atoms with Crippen LogP contribution in [-0.2, 0) is 22.6 Å².